The molecule has 102 valence electrons. The first-order chi connectivity index (χ1) is 9.81. The molecular formula is C14H16N6. The van der Waals surface area contributed by atoms with Gasteiger partial charge in [-0.1, -0.05) is 6.08 Å². The van der Waals surface area contributed by atoms with Gasteiger partial charge in [-0.2, -0.15) is 15.0 Å². The van der Waals surface area contributed by atoms with Crippen molar-refractivity contribution in [2.45, 2.75) is 26.2 Å². The van der Waals surface area contributed by atoms with E-state index in [4.69, 9.17) is 0 Å². The van der Waals surface area contributed by atoms with Gasteiger partial charge >= 0.3 is 0 Å². The molecule has 4 aliphatic heterocycles. The number of allylic oxidation sites excluding steroid dienone is 2. The lowest BCUT2D eigenvalue weighted by Gasteiger charge is -2.34. The molecule has 0 aromatic rings. The fourth-order valence-electron chi connectivity index (χ4n) is 2.78. The minimum Gasteiger partial charge on any atom is -0.341 e. The molecule has 6 heteroatoms. The maximum absolute atomic E-state index is 4.68. The molecule has 0 aromatic carbocycles. The van der Waals surface area contributed by atoms with Gasteiger partial charge in [0.2, 0.25) is 11.9 Å². The van der Waals surface area contributed by atoms with E-state index in [0.29, 0.717) is 5.96 Å². The molecule has 0 saturated carbocycles. The first-order valence-electron chi connectivity index (χ1n) is 7.06. The van der Waals surface area contributed by atoms with Gasteiger partial charge in [0.15, 0.2) is 0 Å². The number of amidine groups is 2. The van der Waals surface area contributed by atoms with E-state index in [9.17, 15) is 0 Å². The summed E-state index contributed by atoms with van der Waals surface area (Å²) in [5.74, 6) is 3.90. The van der Waals surface area contributed by atoms with Gasteiger partial charge in [-0.15, -0.1) is 0 Å². The standard InChI is InChI=1S/C14H16N6/c1-10-15-11-6-5-7-12-17-13(18-14(16-10)20(11)12)19-8-3-2-4-9-19/h5-7H,2-4,8-9H2,1H3. The van der Waals surface area contributed by atoms with E-state index in [1.165, 1.54) is 19.3 Å². The minimum atomic E-state index is 0.679. The summed E-state index contributed by atoms with van der Waals surface area (Å²) in [6.45, 7) is 3.95. The summed E-state index contributed by atoms with van der Waals surface area (Å²) in [6, 6.07) is 0. The van der Waals surface area contributed by atoms with Crippen LogP contribution in [0, 0.1) is 0 Å². The van der Waals surface area contributed by atoms with Gasteiger partial charge in [0, 0.05) is 13.1 Å². The Balaban J connectivity index is 1.76. The highest BCUT2D eigenvalue weighted by molar-refractivity contribution is 6.20. The fourth-order valence-corrected chi connectivity index (χ4v) is 2.78. The number of aliphatic imine (C=N–C) groups is 4. The molecule has 4 aliphatic rings. The SMILES string of the molecule is CC1=NC2=NC(N3CCCCC3)=NC3=CC=CC(=N1)N32. The van der Waals surface area contributed by atoms with Crippen LogP contribution in [0.5, 0.6) is 0 Å². The third-order valence-electron chi connectivity index (χ3n) is 3.74. The van der Waals surface area contributed by atoms with Crippen LogP contribution in [-0.2, 0) is 0 Å². The molecule has 1 fully saturated rings. The Morgan fingerprint density at radius 2 is 1.80 bits per heavy atom. The van der Waals surface area contributed by atoms with Crippen molar-refractivity contribution in [3.05, 3.63) is 24.0 Å². The number of guanidine groups is 2. The summed E-state index contributed by atoms with van der Waals surface area (Å²) in [7, 11) is 0. The highest BCUT2D eigenvalue weighted by Crippen LogP contribution is 2.24. The van der Waals surface area contributed by atoms with Crippen LogP contribution < -0.4 is 0 Å². The summed E-state index contributed by atoms with van der Waals surface area (Å²) >= 11 is 0. The van der Waals surface area contributed by atoms with Gasteiger partial charge in [0.25, 0.3) is 0 Å². The summed E-state index contributed by atoms with van der Waals surface area (Å²) in [4.78, 5) is 22.3. The molecule has 0 radical (unpaired) electrons. The summed E-state index contributed by atoms with van der Waals surface area (Å²) < 4.78 is 0. The number of rotatable bonds is 0. The van der Waals surface area contributed by atoms with Gasteiger partial charge in [-0.05, 0) is 38.3 Å². The zero-order valence-corrected chi connectivity index (χ0v) is 11.5. The molecule has 0 bridgehead atoms. The van der Waals surface area contributed by atoms with Crippen molar-refractivity contribution in [3.63, 3.8) is 0 Å². The second-order valence-corrected chi connectivity index (χ2v) is 5.22. The number of hydrogen-bond acceptors (Lipinski definition) is 6. The van der Waals surface area contributed by atoms with E-state index < -0.39 is 0 Å². The third kappa shape index (κ3) is 1.79. The zero-order chi connectivity index (χ0) is 13.5. The van der Waals surface area contributed by atoms with Crippen molar-refractivity contribution in [2.24, 2.45) is 20.0 Å². The van der Waals surface area contributed by atoms with Crippen molar-refractivity contribution in [1.29, 1.82) is 0 Å². The highest BCUT2D eigenvalue weighted by atomic mass is 15.5. The van der Waals surface area contributed by atoms with Crippen LogP contribution in [0.1, 0.15) is 26.2 Å². The van der Waals surface area contributed by atoms with Crippen LogP contribution in [-0.4, -0.2) is 46.5 Å². The summed E-state index contributed by atoms with van der Waals surface area (Å²) in [5.41, 5.74) is 0. The van der Waals surface area contributed by atoms with Gasteiger partial charge in [0.1, 0.15) is 17.5 Å². The fraction of sp³-hybridized carbons (Fsp3) is 0.429. The maximum Gasteiger partial charge on any atom is 0.242 e. The first-order valence-corrected chi connectivity index (χ1v) is 7.06. The monoisotopic (exact) mass is 268 g/mol. The lowest BCUT2D eigenvalue weighted by Crippen LogP contribution is -2.44. The molecule has 4 heterocycles. The van der Waals surface area contributed by atoms with Crippen molar-refractivity contribution < 1.29 is 0 Å². The maximum atomic E-state index is 4.68. The van der Waals surface area contributed by atoms with Crippen molar-refractivity contribution in [1.82, 2.24) is 9.80 Å². The Hall–Kier alpha value is -2.24. The van der Waals surface area contributed by atoms with E-state index in [1.807, 2.05) is 30.1 Å². The molecule has 0 amide bonds. The topological polar surface area (TPSA) is 55.9 Å². The van der Waals surface area contributed by atoms with Gasteiger partial charge in [0.05, 0.1) is 0 Å². The third-order valence-corrected chi connectivity index (χ3v) is 3.74. The van der Waals surface area contributed by atoms with E-state index in [0.717, 1.165) is 36.5 Å². The number of piperidine rings is 1. The first kappa shape index (κ1) is 11.6. The highest BCUT2D eigenvalue weighted by Gasteiger charge is 2.31. The average molecular weight is 268 g/mol. The molecule has 1 saturated heterocycles. The predicted molar refractivity (Wildman–Crippen MR) is 79.9 cm³/mol. The van der Waals surface area contributed by atoms with Crippen LogP contribution in [0.3, 0.4) is 0 Å². The van der Waals surface area contributed by atoms with Gasteiger partial charge in [-0.25, -0.2) is 9.89 Å². The Labute approximate surface area is 117 Å². The van der Waals surface area contributed by atoms with E-state index in [2.05, 4.69) is 24.9 Å². The van der Waals surface area contributed by atoms with Crippen molar-refractivity contribution >= 4 is 23.6 Å². The lowest BCUT2D eigenvalue weighted by molar-refractivity contribution is 0.337. The van der Waals surface area contributed by atoms with E-state index >= 15 is 0 Å². The van der Waals surface area contributed by atoms with Crippen LogP contribution >= 0.6 is 0 Å². The molecular weight excluding hydrogens is 252 g/mol. The molecule has 4 rings (SSSR count). The molecule has 6 nitrogen and oxygen atoms in total. The van der Waals surface area contributed by atoms with Crippen LogP contribution in [0.25, 0.3) is 0 Å². The predicted octanol–water partition coefficient (Wildman–Crippen LogP) is 1.74. The normalized spacial score (nSPS) is 24.4. The molecule has 0 unspecified atom stereocenters. The quantitative estimate of drug-likeness (QED) is 0.672. The summed E-state index contributed by atoms with van der Waals surface area (Å²) in [5, 5.41) is 0. The number of hydrogen-bond donors (Lipinski definition) is 0. The van der Waals surface area contributed by atoms with Gasteiger partial charge in [-0.3, -0.25) is 0 Å². The molecule has 0 atom stereocenters. The summed E-state index contributed by atoms with van der Waals surface area (Å²) in [6.07, 6.45) is 9.63. The zero-order valence-electron chi connectivity index (χ0n) is 11.5. The van der Waals surface area contributed by atoms with Crippen molar-refractivity contribution in [2.75, 3.05) is 13.1 Å². The second kappa shape index (κ2) is 4.40. The molecule has 0 aromatic heterocycles. The van der Waals surface area contributed by atoms with E-state index in [-0.39, 0.29) is 0 Å². The second-order valence-electron chi connectivity index (χ2n) is 5.22. The lowest BCUT2D eigenvalue weighted by atomic mass is 10.1. The Morgan fingerprint density at radius 3 is 2.65 bits per heavy atom. The number of likely N-dealkylation sites (tertiary alicyclic amines) is 1. The van der Waals surface area contributed by atoms with Crippen molar-refractivity contribution in [3.8, 4) is 0 Å². The smallest absolute Gasteiger partial charge is 0.242 e. The van der Waals surface area contributed by atoms with E-state index in [1.54, 1.807) is 0 Å². The van der Waals surface area contributed by atoms with Crippen LogP contribution in [0.4, 0.5) is 0 Å². The Morgan fingerprint density at radius 1 is 0.950 bits per heavy atom. The van der Waals surface area contributed by atoms with Crippen LogP contribution in [0.2, 0.25) is 0 Å². The largest absolute Gasteiger partial charge is 0.341 e. The molecule has 0 spiro atoms. The average Bonchev–Trinajstić information content (AvgIpc) is 2.48. The number of nitrogens with zero attached hydrogens (tertiary/aromatic N) is 6. The Kier molecular flexibility index (Phi) is 2.55. The van der Waals surface area contributed by atoms with Gasteiger partial charge < -0.3 is 4.90 Å². The minimum absolute atomic E-state index is 0.679. The Bertz CT molecular complexity index is 628. The van der Waals surface area contributed by atoms with Crippen LogP contribution in [0.15, 0.2) is 44.0 Å². The molecule has 0 aliphatic carbocycles. The molecule has 20 heavy (non-hydrogen) atoms. The molecule has 0 N–H and O–H groups in total.